The molecule has 0 bridgehead atoms. The van der Waals surface area contributed by atoms with Crippen LogP contribution in [0.15, 0.2) is 0 Å². The van der Waals surface area contributed by atoms with E-state index >= 15 is 0 Å². The molecule has 0 radical (unpaired) electrons. The van der Waals surface area contributed by atoms with E-state index in [1.54, 1.807) is 0 Å². The van der Waals surface area contributed by atoms with Gasteiger partial charge in [-0.05, 0) is 69.5 Å². The number of rotatable bonds is 7. The number of piperazine rings is 1. The lowest BCUT2D eigenvalue weighted by atomic mass is 9.77. The van der Waals surface area contributed by atoms with E-state index in [0.29, 0.717) is 0 Å². The molecule has 3 fully saturated rings. The first-order chi connectivity index (χ1) is 11.6. The van der Waals surface area contributed by atoms with Gasteiger partial charge in [0.25, 0.3) is 0 Å². The van der Waals surface area contributed by atoms with Gasteiger partial charge in [0.1, 0.15) is 0 Å². The summed E-state index contributed by atoms with van der Waals surface area (Å²) in [5.74, 6) is 2.84. The lowest BCUT2D eigenvalue weighted by Crippen LogP contribution is -2.54. The first-order valence-electron chi connectivity index (χ1n) is 10.8. The summed E-state index contributed by atoms with van der Waals surface area (Å²) in [7, 11) is 0. The van der Waals surface area contributed by atoms with Crippen molar-refractivity contribution in [2.45, 2.75) is 65.3 Å². The second-order valence-electron chi connectivity index (χ2n) is 9.20. The number of likely N-dealkylation sites (tertiary alicyclic amines) is 1. The maximum atomic E-state index is 2.79. The predicted molar refractivity (Wildman–Crippen MR) is 103 cm³/mol. The molecule has 24 heavy (non-hydrogen) atoms. The molecule has 0 unspecified atom stereocenters. The van der Waals surface area contributed by atoms with Crippen LogP contribution in [0.1, 0.15) is 59.3 Å². The van der Waals surface area contributed by atoms with E-state index < -0.39 is 0 Å². The van der Waals surface area contributed by atoms with E-state index in [4.69, 9.17) is 0 Å². The minimum Gasteiger partial charge on any atom is -0.303 e. The number of nitrogens with zero attached hydrogens (tertiary/aromatic N) is 3. The molecule has 0 amide bonds. The molecule has 140 valence electrons. The van der Waals surface area contributed by atoms with E-state index in [1.165, 1.54) is 90.9 Å². The largest absolute Gasteiger partial charge is 0.303 e. The van der Waals surface area contributed by atoms with Crippen LogP contribution in [0.5, 0.6) is 0 Å². The fraction of sp³-hybridized carbons (Fsp3) is 1.00. The summed E-state index contributed by atoms with van der Waals surface area (Å²) in [5, 5.41) is 0. The van der Waals surface area contributed by atoms with Gasteiger partial charge < -0.3 is 9.80 Å². The van der Waals surface area contributed by atoms with Crippen molar-refractivity contribution >= 4 is 0 Å². The summed E-state index contributed by atoms with van der Waals surface area (Å²) >= 11 is 0. The molecule has 3 heteroatoms. The summed E-state index contributed by atoms with van der Waals surface area (Å²) < 4.78 is 0. The average Bonchev–Trinajstić information content (AvgIpc) is 2.55. The van der Waals surface area contributed by atoms with E-state index in [2.05, 4.69) is 35.5 Å². The molecule has 2 saturated heterocycles. The normalized spacial score (nSPS) is 31.5. The Kier molecular flexibility index (Phi) is 7.00. The fourth-order valence-corrected chi connectivity index (χ4v) is 4.84. The number of hydrogen-bond donors (Lipinski definition) is 0. The summed E-state index contributed by atoms with van der Waals surface area (Å²) in [6, 6.07) is 0.932. The quantitative estimate of drug-likeness (QED) is 0.704. The summed E-state index contributed by atoms with van der Waals surface area (Å²) in [4.78, 5) is 8.26. The van der Waals surface area contributed by atoms with Gasteiger partial charge in [0.2, 0.25) is 0 Å². The molecule has 3 aliphatic rings. The Balaban J connectivity index is 1.28. The summed E-state index contributed by atoms with van der Waals surface area (Å²) in [6.07, 6.45) is 8.58. The molecule has 2 aliphatic heterocycles. The highest BCUT2D eigenvalue weighted by atomic mass is 15.3. The minimum atomic E-state index is 0.849. The molecule has 3 rings (SSSR count). The molecule has 0 aromatic heterocycles. The Morgan fingerprint density at radius 1 is 0.833 bits per heavy atom. The molecule has 0 spiro atoms. The van der Waals surface area contributed by atoms with Gasteiger partial charge in [-0.2, -0.15) is 0 Å². The monoisotopic (exact) mass is 335 g/mol. The van der Waals surface area contributed by atoms with Crippen LogP contribution in [0, 0.1) is 17.8 Å². The molecule has 1 aliphatic carbocycles. The van der Waals surface area contributed by atoms with Crippen molar-refractivity contribution in [3.8, 4) is 0 Å². The van der Waals surface area contributed by atoms with Gasteiger partial charge in [0.05, 0.1) is 0 Å². The SMILES string of the molecule is CCC1CC(N2CCN(CC3CCN(CCC(C)C)CC3)CC2)C1. The Morgan fingerprint density at radius 2 is 1.50 bits per heavy atom. The van der Waals surface area contributed by atoms with Crippen LogP contribution < -0.4 is 0 Å². The van der Waals surface area contributed by atoms with Crippen LogP contribution in [0.3, 0.4) is 0 Å². The van der Waals surface area contributed by atoms with E-state index in [0.717, 1.165) is 23.8 Å². The zero-order valence-corrected chi connectivity index (χ0v) is 16.6. The summed E-state index contributed by atoms with van der Waals surface area (Å²) in [6.45, 7) is 17.7. The lowest BCUT2D eigenvalue weighted by molar-refractivity contribution is 0.0240. The third kappa shape index (κ3) is 5.19. The van der Waals surface area contributed by atoms with Gasteiger partial charge in [-0.1, -0.05) is 27.2 Å². The fourth-order valence-electron chi connectivity index (χ4n) is 4.84. The van der Waals surface area contributed by atoms with Crippen LogP contribution in [-0.4, -0.2) is 73.1 Å². The van der Waals surface area contributed by atoms with Gasteiger partial charge in [0.15, 0.2) is 0 Å². The van der Waals surface area contributed by atoms with Gasteiger partial charge in [0, 0.05) is 38.8 Å². The Hall–Kier alpha value is -0.120. The second kappa shape index (κ2) is 9.00. The van der Waals surface area contributed by atoms with Crippen molar-refractivity contribution in [2.75, 3.05) is 52.4 Å². The van der Waals surface area contributed by atoms with Crippen LogP contribution in [0.25, 0.3) is 0 Å². The first kappa shape index (κ1) is 18.7. The van der Waals surface area contributed by atoms with Crippen molar-refractivity contribution in [3.63, 3.8) is 0 Å². The molecule has 1 saturated carbocycles. The van der Waals surface area contributed by atoms with Crippen LogP contribution >= 0.6 is 0 Å². The van der Waals surface area contributed by atoms with Gasteiger partial charge >= 0.3 is 0 Å². The smallest absolute Gasteiger partial charge is 0.0113 e. The van der Waals surface area contributed by atoms with Crippen molar-refractivity contribution in [3.05, 3.63) is 0 Å². The van der Waals surface area contributed by atoms with Gasteiger partial charge in [-0.15, -0.1) is 0 Å². The van der Waals surface area contributed by atoms with Crippen LogP contribution in [0.4, 0.5) is 0 Å². The molecule has 0 aromatic rings. The first-order valence-corrected chi connectivity index (χ1v) is 10.8. The lowest BCUT2D eigenvalue weighted by Gasteiger charge is -2.47. The highest BCUT2D eigenvalue weighted by Gasteiger charge is 2.34. The third-order valence-electron chi connectivity index (χ3n) is 6.96. The number of piperidine rings is 1. The van der Waals surface area contributed by atoms with Crippen molar-refractivity contribution in [1.82, 2.24) is 14.7 Å². The van der Waals surface area contributed by atoms with Crippen molar-refractivity contribution < 1.29 is 0 Å². The average molecular weight is 336 g/mol. The molecule has 0 atom stereocenters. The van der Waals surface area contributed by atoms with Crippen molar-refractivity contribution in [1.29, 1.82) is 0 Å². The Bertz CT molecular complexity index is 348. The van der Waals surface area contributed by atoms with E-state index in [9.17, 15) is 0 Å². The molecular weight excluding hydrogens is 294 g/mol. The minimum absolute atomic E-state index is 0.849. The molecule has 0 aromatic carbocycles. The maximum absolute atomic E-state index is 2.79. The van der Waals surface area contributed by atoms with E-state index in [-0.39, 0.29) is 0 Å². The third-order valence-corrected chi connectivity index (χ3v) is 6.96. The summed E-state index contributed by atoms with van der Waals surface area (Å²) in [5.41, 5.74) is 0. The second-order valence-corrected chi connectivity index (χ2v) is 9.20. The molecular formula is C21H41N3. The number of hydrogen-bond acceptors (Lipinski definition) is 3. The maximum Gasteiger partial charge on any atom is 0.0113 e. The molecule has 0 N–H and O–H groups in total. The molecule has 2 heterocycles. The van der Waals surface area contributed by atoms with Gasteiger partial charge in [-0.3, -0.25) is 4.90 Å². The predicted octanol–water partition coefficient (Wildman–Crippen LogP) is 3.55. The highest BCUT2D eigenvalue weighted by Crippen LogP contribution is 2.34. The van der Waals surface area contributed by atoms with E-state index in [1.807, 2.05) is 0 Å². The zero-order valence-electron chi connectivity index (χ0n) is 16.6. The van der Waals surface area contributed by atoms with Crippen LogP contribution in [0.2, 0.25) is 0 Å². The Morgan fingerprint density at radius 3 is 2.08 bits per heavy atom. The Labute approximate surface area is 150 Å². The van der Waals surface area contributed by atoms with Crippen LogP contribution in [-0.2, 0) is 0 Å². The molecule has 3 nitrogen and oxygen atoms in total. The van der Waals surface area contributed by atoms with Gasteiger partial charge in [-0.25, -0.2) is 0 Å². The zero-order chi connectivity index (χ0) is 16.9. The van der Waals surface area contributed by atoms with Crippen molar-refractivity contribution in [2.24, 2.45) is 17.8 Å². The topological polar surface area (TPSA) is 9.72 Å². The highest BCUT2D eigenvalue weighted by molar-refractivity contribution is 4.89. The standard InChI is InChI=1S/C21H41N3/c1-4-19-15-21(16-19)24-13-11-23(12-14-24)17-20-6-9-22(10-7-20)8-5-18(2)3/h18-21H,4-17H2,1-3H3.